The van der Waals surface area contributed by atoms with Gasteiger partial charge in [-0.1, -0.05) is 49.4 Å². The Morgan fingerprint density at radius 3 is 2.57 bits per heavy atom. The van der Waals surface area contributed by atoms with Gasteiger partial charge in [0, 0.05) is 6.54 Å². The van der Waals surface area contributed by atoms with E-state index in [-0.39, 0.29) is 5.82 Å². The number of hydrogen-bond acceptors (Lipinski definition) is 1. The first kappa shape index (κ1) is 15.7. The van der Waals surface area contributed by atoms with Gasteiger partial charge in [-0.3, -0.25) is 0 Å². The van der Waals surface area contributed by atoms with Crippen molar-refractivity contribution in [2.24, 2.45) is 0 Å². The highest BCUT2D eigenvalue weighted by molar-refractivity contribution is 5.21. The summed E-state index contributed by atoms with van der Waals surface area (Å²) in [5, 5.41) is 3.51. The first-order chi connectivity index (χ1) is 10.3. The summed E-state index contributed by atoms with van der Waals surface area (Å²) in [6.45, 7) is 4.20. The summed E-state index contributed by atoms with van der Waals surface area (Å²) in [5.74, 6) is 0.328. The molecule has 1 unspecified atom stereocenters. The van der Waals surface area contributed by atoms with Crippen molar-refractivity contribution in [2.45, 2.75) is 32.1 Å². The van der Waals surface area contributed by atoms with Crippen molar-refractivity contribution in [3.05, 3.63) is 71.5 Å². The minimum absolute atomic E-state index is 0.145. The fourth-order valence-corrected chi connectivity index (χ4v) is 2.60. The average Bonchev–Trinajstić information content (AvgIpc) is 2.52. The third-order valence-corrected chi connectivity index (χ3v) is 3.76. The van der Waals surface area contributed by atoms with Crippen LogP contribution in [0.1, 0.15) is 36.8 Å². The second-order valence-corrected chi connectivity index (χ2v) is 5.48. The molecular weight excluding hydrogens is 261 g/mol. The molecule has 1 N–H and O–H groups in total. The Morgan fingerprint density at radius 2 is 1.86 bits per heavy atom. The normalized spacial score (nSPS) is 12.3. The van der Waals surface area contributed by atoms with Gasteiger partial charge in [0.2, 0.25) is 0 Å². The average molecular weight is 285 g/mol. The van der Waals surface area contributed by atoms with Crippen molar-refractivity contribution in [1.29, 1.82) is 0 Å². The molecule has 0 radical (unpaired) electrons. The van der Waals surface area contributed by atoms with Crippen LogP contribution in [-0.2, 0) is 6.42 Å². The Morgan fingerprint density at radius 1 is 1.05 bits per heavy atom. The van der Waals surface area contributed by atoms with Crippen molar-refractivity contribution in [3.63, 3.8) is 0 Å². The fourth-order valence-electron chi connectivity index (χ4n) is 2.60. The van der Waals surface area contributed by atoms with Crippen LogP contribution in [0.3, 0.4) is 0 Å². The van der Waals surface area contributed by atoms with Gasteiger partial charge in [0.05, 0.1) is 0 Å². The molecule has 0 amide bonds. The molecule has 0 heterocycles. The molecule has 0 saturated heterocycles. The summed E-state index contributed by atoms with van der Waals surface area (Å²) in [6, 6.07) is 17.5. The molecule has 1 nitrogen and oxygen atoms in total. The number of hydrogen-bond donors (Lipinski definition) is 1. The Balaban J connectivity index is 1.98. The zero-order valence-electron chi connectivity index (χ0n) is 12.7. The lowest BCUT2D eigenvalue weighted by Crippen LogP contribution is -2.22. The van der Waals surface area contributed by atoms with Crippen LogP contribution in [0, 0.1) is 5.82 Å². The lowest BCUT2D eigenvalue weighted by atomic mass is 9.92. The molecule has 1 atom stereocenters. The van der Waals surface area contributed by atoms with Gasteiger partial charge in [-0.25, -0.2) is 4.39 Å². The van der Waals surface area contributed by atoms with Crippen molar-refractivity contribution in [3.8, 4) is 0 Å². The largest absolute Gasteiger partial charge is 0.316 e. The molecule has 0 spiro atoms. The van der Waals surface area contributed by atoms with Crippen LogP contribution >= 0.6 is 0 Å². The van der Waals surface area contributed by atoms with E-state index in [2.05, 4.69) is 36.5 Å². The van der Waals surface area contributed by atoms with E-state index in [9.17, 15) is 4.39 Å². The number of rotatable bonds is 8. The molecule has 21 heavy (non-hydrogen) atoms. The maximum absolute atomic E-state index is 13.3. The summed E-state index contributed by atoms with van der Waals surface area (Å²) in [5.41, 5.74) is 2.43. The van der Waals surface area contributed by atoms with Gasteiger partial charge >= 0.3 is 0 Å². The van der Waals surface area contributed by atoms with E-state index in [0.29, 0.717) is 5.92 Å². The second-order valence-electron chi connectivity index (χ2n) is 5.48. The van der Waals surface area contributed by atoms with Crippen LogP contribution in [-0.4, -0.2) is 13.1 Å². The first-order valence-corrected chi connectivity index (χ1v) is 7.79. The number of benzene rings is 2. The lowest BCUT2D eigenvalue weighted by molar-refractivity contribution is 0.547. The molecule has 2 aromatic carbocycles. The molecule has 0 fully saturated rings. The van der Waals surface area contributed by atoms with Gasteiger partial charge in [0.15, 0.2) is 0 Å². The Labute approximate surface area is 127 Å². The molecule has 0 bridgehead atoms. The molecule has 0 saturated carbocycles. The highest BCUT2D eigenvalue weighted by atomic mass is 19.1. The van der Waals surface area contributed by atoms with Crippen molar-refractivity contribution < 1.29 is 4.39 Å². The molecule has 0 aliphatic carbocycles. The monoisotopic (exact) mass is 285 g/mol. The van der Waals surface area contributed by atoms with Crippen LogP contribution in [0.4, 0.5) is 4.39 Å². The van der Waals surface area contributed by atoms with E-state index in [0.717, 1.165) is 37.9 Å². The second kappa shape index (κ2) is 8.58. The topological polar surface area (TPSA) is 12.0 Å². The summed E-state index contributed by atoms with van der Waals surface area (Å²) in [4.78, 5) is 0. The molecule has 0 aromatic heterocycles. The summed E-state index contributed by atoms with van der Waals surface area (Å²) >= 11 is 0. The van der Waals surface area contributed by atoms with Crippen LogP contribution in [0.2, 0.25) is 0 Å². The number of nitrogens with one attached hydrogen (secondary N) is 1. The zero-order valence-corrected chi connectivity index (χ0v) is 12.7. The predicted octanol–water partition coefficient (Wildman–Crippen LogP) is 4.54. The predicted molar refractivity (Wildman–Crippen MR) is 87.1 cm³/mol. The van der Waals surface area contributed by atoms with E-state index < -0.39 is 0 Å². The quantitative estimate of drug-likeness (QED) is 0.702. The molecular formula is C19H24FN. The molecule has 112 valence electrons. The van der Waals surface area contributed by atoms with Crippen molar-refractivity contribution >= 4 is 0 Å². The SMILES string of the molecule is CCCNCC(CCc1cccc(F)c1)c1ccccc1. The van der Waals surface area contributed by atoms with Gasteiger partial charge < -0.3 is 5.32 Å². The molecule has 0 aliphatic rings. The van der Waals surface area contributed by atoms with Gasteiger partial charge in [-0.15, -0.1) is 0 Å². The minimum Gasteiger partial charge on any atom is -0.316 e. The van der Waals surface area contributed by atoms with Crippen LogP contribution < -0.4 is 5.32 Å². The van der Waals surface area contributed by atoms with Crippen LogP contribution in [0.15, 0.2) is 54.6 Å². The molecule has 2 heteroatoms. The van der Waals surface area contributed by atoms with Crippen molar-refractivity contribution in [1.82, 2.24) is 5.32 Å². The minimum atomic E-state index is -0.145. The molecule has 2 rings (SSSR count). The van der Waals surface area contributed by atoms with E-state index >= 15 is 0 Å². The van der Waals surface area contributed by atoms with E-state index in [1.807, 2.05) is 12.1 Å². The van der Waals surface area contributed by atoms with Crippen molar-refractivity contribution in [2.75, 3.05) is 13.1 Å². The van der Waals surface area contributed by atoms with Gasteiger partial charge in [0.25, 0.3) is 0 Å². The molecule has 0 aliphatic heterocycles. The van der Waals surface area contributed by atoms with Crippen LogP contribution in [0.5, 0.6) is 0 Å². The maximum atomic E-state index is 13.3. The summed E-state index contributed by atoms with van der Waals surface area (Å²) < 4.78 is 13.3. The zero-order chi connectivity index (χ0) is 14.9. The maximum Gasteiger partial charge on any atom is 0.123 e. The molecule has 2 aromatic rings. The number of halogens is 1. The Hall–Kier alpha value is -1.67. The summed E-state index contributed by atoms with van der Waals surface area (Å²) in [6.07, 6.45) is 3.08. The van der Waals surface area contributed by atoms with Gasteiger partial charge in [-0.05, 0) is 55.0 Å². The third kappa shape index (κ3) is 5.31. The smallest absolute Gasteiger partial charge is 0.123 e. The Bertz CT molecular complexity index is 524. The van der Waals surface area contributed by atoms with E-state index in [4.69, 9.17) is 0 Å². The first-order valence-electron chi connectivity index (χ1n) is 7.79. The highest BCUT2D eigenvalue weighted by Gasteiger charge is 2.11. The van der Waals surface area contributed by atoms with Gasteiger partial charge in [-0.2, -0.15) is 0 Å². The van der Waals surface area contributed by atoms with Gasteiger partial charge in [0.1, 0.15) is 5.82 Å². The van der Waals surface area contributed by atoms with E-state index in [1.165, 1.54) is 11.6 Å². The van der Waals surface area contributed by atoms with E-state index in [1.54, 1.807) is 12.1 Å². The fraction of sp³-hybridized carbons (Fsp3) is 0.368. The third-order valence-electron chi connectivity index (χ3n) is 3.76. The standard InChI is InChI=1S/C19H24FN/c1-2-13-21-15-18(17-8-4-3-5-9-17)12-11-16-7-6-10-19(20)14-16/h3-10,14,18,21H,2,11-13,15H2,1H3. The Kier molecular flexibility index (Phi) is 6.42. The van der Waals surface area contributed by atoms with Crippen LogP contribution in [0.25, 0.3) is 0 Å². The number of aryl methyl sites for hydroxylation is 1. The summed E-state index contributed by atoms with van der Waals surface area (Å²) in [7, 11) is 0. The highest BCUT2D eigenvalue weighted by Crippen LogP contribution is 2.21. The lowest BCUT2D eigenvalue weighted by Gasteiger charge is -2.18.